The van der Waals surface area contributed by atoms with Crippen molar-refractivity contribution in [3.8, 4) is 0 Å². The van der Waals surface area contributed by atoms with E-state index in [1.165, 1.54) is 11.8 Å². The van der Waals surface area contributed by atoms with Gasteiger partial charge in [-0.2, -0.15) is 0 Å². The van der Waals surface area contributed by atoms with Crippen LogP contribution in [0.25, 0.3) is 11.2 Å². The molecule has 0 aliphatic carbocycles. The maximum Gasteiger partial charge on any atom is 0.191 e. The van der Waals surface area contributed by atoms with Gasteiger partial charge in [0.05, 0.1) is 19.0 Å². The van der Waals surface area contributed by atoms with Crippen molar-refractivity contribution in [2.24, 2.45) is 0 Å². The molecule has 3 heterocycles. The Labute approximate surface area is 125 Å². The molecule has 9 heteroatoms. The molecule has 2 aromatic rings. The van der Waals surface area contributed by atoms with Crippen molar-refractivity contribution in [2.45, 2.75) is 30.0 Å². The lowest BCUT2D eigenvalue weighted by atomic mass is 10.2. The molecule has 1 fully saturated rings. The molecule has 114 valence electrons. The van der Waals surface area contributed by atoms with Gasteiger partial charge in [0.25, 0.3) is 0 Å². The molecule has 3 N–H and O–H groups in total. The summed E-state index contributed by atoms with van der Waals surface area (Å²) in [5.74, 6) is 0.653. The maximum absolute atomic E-state index is 9.86. The van der Waals surface area contributed by atoms with Crippen molar-refractivity contribution in [3.63, 3.8) is 0 Å². The zero-order valence-electron chi connectivity index (χ0n) is 11.7. The van der Waals surface area contributed by atoms with E-state index in [2.05, 4.69) is 20.3 Å². The van der Waals surface area contributed by atoms with Crippen LogP contribution in [0.2, 0.25) is 0 Å². The first kappa shape index (κ1) is 14.5. The highest BCUT2D eigenvalue weighted by Crippen LogP contribution is 2.32. The first-order chi connectivity index (χ1) is 10.2. The highest BCUT2D eigenvalue weighted by Gasteiger charge is 2.35. The highest BCUT2D eigenvalue weighted by atomic mass is 32.2. The summed E-state index contributed by atoms with van der Waals surface area (Å²) in [5.41, 5.74) is 1.30. The quantitative estimate of drug-likeness (QED) is 0.544. The van der Waals surface area contributed by atoms with Gasteiger partial charge in [0, 0.05) is 13.5 Å². The summed E-state index contributed by atoms with van der Waals surface area (Å²) in [6.07, 6.45) is 2.27. The van der Waals surface area contributed by atoms with E-state index >= 15 is 0 Å². The summed E-state index contributed by atoms with van der Waals surface area (Å²) in [4.78, 5) is 13.2. The Kier molecular flexibility index (Phi) is 3.98. The van der Waals surface area contributed by atoms with Gasteiger partial charge in [0.15, 0.2) is 22.1 Å². The lowest BCUT2D eigenvalue weighted by molar-refractivity contribution is -0.0432. The zero-order chi connectivity index (χ0) is 15.0. The molecule has 0 aromatic carbocycles. The van der Waals surface area contributed by atoms with Gasteiger partial charge in [-0.3, -0.25) is 4.57 Å². The topological polar surface area (TPSA) is 105 Å². The minimum Gasteiger partial charge on any atom is -0.394 e. The van der Waals surface area contributed by atoms with Crippen LogP contribution in [0, 0.1) is 0 Å². The number of aromatic nitrogens is 4. The molecule has 8 nitrogen and oxygen atoms in total. The summed E-state index contributed by atoms with van der Waals surface area (Å²) in [7, 11) is 1.78. The molecule has 0 amide bonds. The average molecular weight is 311 g/mol. The van der Waals surface area contributed by atoms with Crippen LogP contribution in [-0.4, -0.2) is 61.9 Å². The van der Waals surface area contributed by atoms with E-state index in [1.807, 2.05) is 6.26 Å². The normalized spacial score (nSPS) is 25.6. The average Bonchev–Trinajstić information content (AvgIpc) is 3.08. The monoisotopic (exact) mass is 311 g/mol. The van der Waals surface area contributed by atoms with Crippen LogP contribution in [0.4, 0.5) is 5.82 Å². The number of imidazole rings is 1. The van der Waals surface area contributed by atoms with Crippen LogP contribution < -0.4 is 5.32 Å². The number of rotatable bonds is 4. The predicted molar refractivity (Wildman–Crippen MR) is 78.3 cm³/mol. The van der Waals surface area contributed by atoms with Gasteiger partial charge < -0.3 is 20.3 Å². The van der Waals surface area contributed by atoms with E-state index in [9.17, 15) is 10.2 Å². The van der Waals surface area contributed by atoms with Gasteiger partial charge in [-0.15, -0.1) is 0 Å². The predicted octanol–water partition coefficient (Wildman–Crippen LogP) is 0.231. The fourth-order valence-corrected chi connectivity index (χ4v) is 2.78. The zero-order valence-corrected chi connectivity index (χ0v) is 12.5. The van der Waals surface area contributed by atoms with Crippen molar-refractivity contribution >= 4 is 28.7 Å². The summed E-state index contributed by atoms with van der Waals surface area (Å²) >= 11 is 1.44. The molecule has 0 unspecified atom stereocenters. The van der Waals surface area contributed by atoms with Gasteiger partial charge in [-0.1, -0.05) is 11.8 Å². The summed E-state index contributed by atoms with van der Waals surface area (Å²) in [5, 5.41) is 22.7. The number of thioether (sulfide) groups is 1. The van der Waals surface area contributed by atoms with Crippen molar-refractivity contribution in [1.82, 2.24) is 19.5 Å². The van der Waals surface area contributed by atoms with Gasteiger partial charge in [0.1, 0.15) is 12.3 Å². The number of nitrogens with zero attached hydrogens (tertiary/aromatic N) is 4. The third-order valence-electron chi connectivity index (χ3n) is 3.51. The molecule has 3 atom stereocenters. The van der Waals surface area contributed by atoms with Gasteiger partial charge in [0.2, 0.25) is 0 Å². The van der Waals surface area contributed by atoms with Crippen LogP contribution in [-0.2, 0) is 4.74 Å². The second kappa shape index (κ2) is 5.76. The molecule has 0 spiro atoms. The summed E-state index contributed by atoms with van der Waals surface area (Å²) in [6, 6.07) is 0. The van der Waals surface area contributed by atoms with Crippen molar-refractivity contribution < 1.29 is 14.9 Å². The maximum atomic E-state index is 9.86. The van der Waals surface area contributed by atoms with Crippen molar-refractivity contribution in [1.29, 1.82) is 0 Å². The van der Waals surface area contributed by atoms with Crippen LogP contribution in [0.5, 0.6) is 0 Å². The molecule has 1 saturated heterocycles. The molecule has 1 aliphatic heterocycles. The Bertz CT molecular complexity index is 649. The number of hydrogen-bond donors (Lipinski definition) is 3. The lowest BCUT2D eigenvalue weighted by Crippen LogP contribution is -2.24. The highest BCUT2D eigenvalue weighted by molar-refractivity contribution is 7.98. The third kappa shape index (κ3) is 2.46. The minimum atomic E-state index is -0.692. The van der Waals surface area contributed by atoms with Gasteiger partial charge >= 0.3 is 0 Å². The molecular weight excluding hydrogens is 294 g/mol. The van der Waals surface area contributed by atoms with E-state index < -0.39 is 18.4 Å². The summed E-state index contributed by atoms with van der Waals surface area (Å²) < 4.78 is 7.43. The lowest BCUT2D eigenvalue weighted by Gasteiger charge is -2.14. The largest absolute Gasteiger partial charge is 0.394 e. The fraction of sp³-hybridized carbons (Fsp3) is 0.583. The number of anilines is 1. The SMILES string of the molecule is CNc1nc(SC)nc2c1ncn2[C@H]1C[C@@H](O)[C@H](CO)O1. The van der Waals surface area contributed by atoms with Crippen LogP contribution in [0.3, 0.4) is 0 Å². The van der Waals surface area contributed by atoms with Gasteiger partial charge in [-0.05, 0) is 6.26 Å². The van der Waals surface area contributed by atoms with Crippen LogP contribution >= 0.6 is 11.8 Å². The standard InChI is InChI=1S/C12H17N5O3S/c1-13-10-9-11(16-12(15-10)21-2)17(5-14-9)8-3-6(19)7(4-18)20-8/h5-8,18-19H,3-4H2,1-2H3,(H,13,15,16)/t6-,7+,8-/m1/s1. The Balaban J connectivity index is 2.04. The Morgan fingerprint density at radius 2 is 2.33 bits per heavy atom. The first-order valence-electron chi connectivity index (χ1n) is 6.58. The number of aliphatic hydroxyl groups excluding tert-OH is 2. The molecule has 3 rings (SSSR count). The Morgan fingerprint density at radius 1 is 1.52 bits per heavy atom. The Hall–Kier alpha value is -1.42. The minimum absolute atomic E-state index is 0.211. The van der Waals surface area contributed by atoms with Gasteiger partial charge in [-0.25, -0.2) is 15.0 Å². The smallest absolute Gasteiger partial charge is 0.191 e. The third-order valence-corrected chi connectivity index (χ3v) is 4.06. The van der Waals surface area contributed by atoms with Crippen LogP contribution in [0.15, 0.2) is 11.5 Å². The molecule has 0 radical (unpaired) electrons. The fourth-order valence-electron chi connectivity index (χ4n) is 2.42. The molecule has 21 heavy (non-hydrogen) atoms. The van der Waals surface area contributed by atoms with E-state index in [1.54, 1.807) is 17.9 Å². The van der Waals surface area contributed by atoms with E-state index in [0.717, 1.165) is 0 Å². The van der Waals surface area contributed by atoms with E-state index in [-0.39, 0.29) is 6.61 Å². The number of ether oxygens (including phenoxy) is 1. The van der Waals surface area contributed by atoms with E-state index in [0.29, 0.717) is 28.6 Å². The number of hydrogen-bond acceptors (Lipinski definition) is 8. The number of aliphatic hydroxyl groups is 2. The van der Waals surface area contributed by atoms with E-state index in [4.69, 9.17) is 4.74 Å². The molecule has 0 saturated carbocycles. The molecule has 1 aliphatic rings. The molecule has 2 aromatic heterocycles. The number of nitrogens with one attached hydrogen (secondary N) is 1. The second-order valence-electron chi connectivity index (χ2n) is 4.75. The van der Waals surface area contributed by atoms with Crippen molar-refractivity contribution in [3.05, 3.63) is 6.33 Å². The summed E-state index contributed by atoms with van der Waals surface area (Å²) in [6.45, 7) is -0.211. The second-order valence-corrected chi connectivity index (χ2v) is 5.52. The van der Waals surface area contributed by atoms with Crippen LogP contribution in [0.1, 0.15) is 12.6 Å². The van der Waals surface area contributed by atoms with Crippen molar-refractivity contribution in [2.75, 3.05) is 25.2 Å². The number of fused-ring (bicyclic) bond motifs is 1. The Morgan fingerprint density at radius 3 is 2.95 bits per heavy atom. The molecular formula is C12H17N5O3S. The first-order valence-corrected chi connectivity index (χ1v) is 7.81. The molecule has 0 bridgehead atoms.